The molecule has 2 unspecified atom stereocenters. The van der Waals surface area contributed by atoms with Gasteiger partial charge in [0.15, 0.2) is 0 Å². The minimum Gasteiger partial charge on any atom is -0.382 e. The predicted octanol–water partition coefficient (Wildman–Crippen LogP) is 4.40. The molecular formula is C16H22N2. The fourth-order valence-electron chi connectivity index (χ4n) is 3.30. The Balaban J connectivity index is 1.81. The van der Waals surface area contributed by atoms with Gasteiger partial charge in [-0.3, -0.25) is 0 Å². The van der Waals surface area contributed by atoms with Crippen molar-refractivity contribution in [1.29, 1.82) is 0 Å². The van der Waals surface area contributed by atoms with Crippen LogP contribution in [-0.2, 0) is 0 Å². The molecule has 96 valence electrons. The van der Waals surface area contributed by atoms with E-state index in [9.17, 15) is 0 Å². The van der Waals surface area contributed by atoms with Crippen molar-refractivity contribution in [3.63, 3.8) is 0 Å². The summed E-state index contributed by atoms with van der Waals surface area (Å²) in [4.78, 5) is 3.24. The molecule has 0 saturated heterocycles. The van der Waals surface area contributed by atoms with E-state index in [1.54, 1.807) is 0 Å². The quantitative estimate of drug-likeness (QED) is 0.802. The first-order valence-corrected chi connectivity index (χ1v) is 7.08. The molecule has 2 aromatic rings. The van der Waals surface area contributed by atoms with E-state index in [2.05, 4.69) is 48.4 Å². The zero-order chi connectivity index (χ0) is 12.5. The monoisotopic (exact) mass is 242 g/mol. The van der Waals surface area contributed by atoms with Gasteiger partial charge in [-0.1, -0.05) is 20.3 Å². The predicted molar refractivity (Wildman–Crippen MR) is 77.9 cm³/mol. The van der Waals surface area contributed by atoms with Crippen LogP contribution in [0.5, 0.6) is 0 Å². The van der Waals surface area contributed by atoms with Crippen LogP contribution < -0.4 is 5.32 Å². The van der Waals surface area contributed by atoms with Crippen molar-refractivity contribution >= 4 is 16.6 Å². The van der Waals surface area contributed by atoms with Crippen molar-refractivity contribution in [2.24, 2.45) is 11.8 Å². The first-order valence-electron chi connectivity index (χ1n) is 7.08. The third-order valence-corrected chi connectivity index (χ3v) is 4.43. The Morgan fingerprint density at radius 3 is 2.67 bits per heavy atom. The molecule has 1 fully saturated rings. The molecule has 0 bridgehead atoms. The molecule has 3 rings (SSSR count). The van der Waals surface area contributed by atoms with Crippen molar-refractivity contribution in [1.82, 2.24) is 4.98 Å². The summed E-state index contributed by atoms with van der Waals surface area (Å²) in [7, 11) is 0. The van der Waals surface area contributed by atoms with Crippen LogP contribution in [0.3, 0.4) is 0 Å². The molecule has 1 aromatic heterocycles. The van der Waals surface area contributed by atoms with E-state index >= 15 is 0 Å². The molecule has 1 heterocycles. The summed E-state index contributed by atoms with van der Waals surface area (Å²) < 4.78 is 0. The summed E-state index contributed by atoms with van der Waals surface area (Å²) in [5, 5.41) is 5.04. The zero-order valence-electron chi connectivity index (χ0n) is 11.2. The van der Waals surface area contributed by atoms with Crippen molar-refractivity contribution in [2.45, 2.75) is 39.2 Å². The average molecular weight is 242 g/mol. The highest BCUT2D eigenvalue weighted by atomic mass is 14.9. The van der Waals surface area contributed by atoms with Gasteiger partial charge in [0.1, 0.15) is 0 Å². The third-order valence-electron chi connectivity index (χ3n) is 4.43. The summed E-state index contributed by atoms with van der Waals surface area (Å²) in [5.41, 5.74) is 2.47. The molecule has 18 heavy (non-hydrogen) atoms. The summed E-state index contributed by atoms with van der Waals surface area (Å²) in [6.07, 6.45) is 6.10. The number of H-pyrrole nitrogens is 1. The Morgan fingerprint density at radius 2 is 1.89 bits per heavy atom. The summed E-state index contributed by atoms with van der Waals surface area (Å²) in [6, 6.07) is 9.35. The van der Waals surface area contributed by atoms with Gasteiger partial charge in [0.2, 0.25) is 0 Å². The fourth-order valence-corrected chi connectivity index (χ4v) is 3.30. The SMILES string of the molecule is CC1CCCC(C)C1Nc1ccc2[nH]ccc2c1. The van der Waals surface area contributed by atoms with Gasteiger partial charge in [-0.15, -0.1) is 0 Å². The Morgan fingerprint density at radius 1 is 1.11 bits per heavy atom. The molecule has 0 amide bonds. The van der Waals surface area contributed by atoms with E-state index in [0.29, 0.717) is 6.04 Å². The molecule has 1 aliphatic rings. The van der Waals surface area contributed by atoms with E-state index in [-0.39, 0.29) is 0 Å². The van der Waals surface area contributed by atoms with Gasteiger partial charge in [0.05, 0.1) is 0 Å². The largest absolute Gasteiger partial charge is 0.382 e. The Kier molecular flexibility index (Phi) is 3.02. The first kappa shape index (κ1) is 11.6. The number of aromatic nitrogens is 1. The normalized spacial score (nSPS) is 28.4. The summed E-state index contributed by atoms with van der Waals surface area (Å²) in [5.74, 6) is 1.55. The van der Waals surface area contributed by atoms with Crippen LogP contribution in [0.15, 0.2) is 30.5 Å². The minimum atomic E-state index is 0.621. The molecule has 1 aromatic carbocycles. The number of hydrogen-bond acceptors (Lipinski definition) is 1. The number of aromatic amines is 1. The van der Waals surface area contributed by atoms with E-state index in [1.165, 1.54) is 35.9 Å². The smallest absolute Gasteiger partial charge is 0.0455 e. The van der Waals surface area contributed by atoms with Crippen LogP contribution in [0.25, 0.3) is 10.9 Å². The highest BCUT2D eigenvalue weighted by Crippen LogP contribution is 2.31. The topological polar surface area (TPSA) is 27.8 Å². The third kappa shape index (κ3) is 2.12. The number of nitrogens with one attached hydrogen (secondary N) is 2. The molecule has 0 aliphatic heterocycles. The van der Waals surface area contributed by atoms with E-state index in [1.807, 2.05) is 6.20 Å². The second-order valence-corrected chi connectivity index (χ2v) is 5.84. The van der Waals surface area contributed by atoms with Crippen molar-refractivity contribution in [3.8, 4) is 0 Å². The maximum atomic E-state index is 3.75. The number of fused-ring (bicyclic) bond motifs is 1. The Hall–Kier alpha value is -1.44. The lowest BCUT2D eigenvalue weighted by atomic mass is 9.78. The number of benzene rings is 1. The first-order chi connectivity index (χ1) is 8.74. The standard InChI is InChI=1S/C16H22N2/c1-11-4-3-5-12(2)16(11)18-14-6-7-15-13(10-14)8-9-17-15/h6-12,16-18H,3-5H2,1-2H3. The zero-order valence-corrected chi connectivity index (χ0v) is 11.2. The number of hydrogen-bond donors (Lipinski definition) is 2. The van der Waals surface area contributed by atoms with Gasteiger partial charge in [0, 0.05) is 28.8 Å². The molecule has 2 nitrogen and oxygen atoms in total. The highest BCUT2D eigenvalue weighted by Gasteiger charge is 2.27. The van der Waals surface area contributed by atoms with Gasteiger partial charge in [-0.2, -0.15) is 0 Å². The average Bonchev–Trinajstić information content (AvgIpc) is 2.81. The summed E-state index contributed by atoms with van der Waals surface area (Å²) in [6.45, 7) is 4.75. The molecule has 1 saturated carbocycles. The van der Waals surface area contributed by atoms with Crippen LogP contribution in [0.1, 0.15) is 33.1 Å². The minimum absolute atomic E-state index is 0.621. The lowest BCUT2D eigenvalue weighted by Gasteiger charge is -2.35. The molecule has 0 spiro atoms. The highest BCUT2D eigenvalue weighted by molar-refractivity contribution is 5.83. The van der Waals surface area contributed by atoms with Gasteiger partial charge in [0.25, 0.3) is 0 Å². The van der Waals surface area contributed by atoms with E-state index in [4.69, 9.17) is 0 Å². The van der Waals surface area contributed by atoms with Gasteiger partial charge >= 0.3 is 0 Å². The molecule has 2 heteroatoms. The summed E-state index contributed by atoms with van der Waals surface area (Å²) >= 11 is 0. The van der Waals surface area contributed by atoms with Crippen LogP contribution in [0, 0.1) is 11.8 Å². The van der Waals surface area contributed by atoms with Gasteiger partial charge in [-0.05, 0) is 48.9 Å². The Bertz CT molecular complexity index is 519. The van der Waals surface area contributed by atoms with Crippen molar-refractivity contribution in [2.75, 3.05) is 5.32 Å². The van der Waals surface area contributed by atoms with Gasteiger partial charge < -0.3 is 10.3 Å². The molecule has 1 aliphatic carbocycles. The number of rotatable bonds is 2. The molecular weight excluding hydrogens is 220 g/mol. The van der Waals surface area contributed by atoms with E-state index in [0.717, 1.165) is 11.8 Å². The van der Waals surface area contributed by atoms with Crippen LogP contribution >= 0.6 is 0 Å². The maximum Gasteiger partial charge on any atom is 0.0455 e. The lowest BCUT2D eigenvalue weighted by Crippen LogP contribution is -2.36. The second kappa shape index (κ2) is 4.68. The maximum absolute atomic E-state index is 3.75. The van der Waals surface area contributed by atoms with E-state index < -0.39 is 0 Å². The van der Waals surface area contributed by atoms with Crippen LogP contribution in [0.2, 0.25) is 0 Å². The Labute approximate surface area is 109 Å². The lowest BCUT2D eigenvalue weighted by molar-refractivity contribution is 0.268. The second-order valence-electron chi connectivity index (χ2n) is 5.84. The fraction of sp³-hybridized carbons (Fsp3) is 0.500. The molecule has 2 atom stereocenters. The number of anilines is 1. The van der Waals surface area contributed by atoms with Crippen LogP contribution in [0.4, 0.5) is 5.69 Å². The van der Waals surface area contributed by atoms with Crippen molar-refractivity contribution in [3.05, 3.63) is 30.5 Å². The van der Waals surface area contributed by atoms with Crippen molar-refractivity contribution < 1.29 is 0 Å². The van der Waals surface area contributed by atoms with Crippen LogP contribution in [-0.4, -0.2) is 11.0 Å². The molecule has 0 radical (unpaired) electrons. The molecule has 2 N–H and O–H groups in total. The van der Waals surface area contributed by atoms with Gasteiger partial charge in [-0.25, -0.2) is 0 Å².